The summed E-state index contributed by atoms with van der Waals surface area (Å²) in [5.41, 5.74) is 2.50. The van der Waals surface area contributed by atoms with Gasteiger partial charge in [-0.05, 0) is 75.8 Å². The van der Waals surface area contributed by atoms with Crippen LogP contribution in [0.2, 0.25) is 0 Å². The number of benzene rings is 1. The highest BCUT2D eigenvalue weighted by Crippen LogP contribution is 2.44. The van der Waals surface area contributed by atoms with E-state index in [1.807, 2.05) is 18.2 Å². The minimum absolute atomic E-state index is 0.0663. The van der Waals surface area contributed by atoms with Crippen molar-refractivity contribution in [2.24, 2.45) is 13.0 Å². The van der Waals surface area contributed by atoms with Crippen molar-refractivity contribution in [3.63, 3.8) is 0 Å². The topological polar surface area (TPSA) is 105 Å². The fourth-order valence-corrected chi connectivity index (χ4v) is 5.56. The zero-order valence-corrected chi connectivity index (χ0v) is 19.3. The molecule has 8 nitrogen and oxygen atoms in total. The van der Waals surface area contributed by atoms with E-state index < -0.39 is 0 Å². The zero-order chi connectivity index (χ0) is 23.2. The Morgan fingerprint density at radius 1 is 1.09 bits per heavy atom. The maximum absolute atomic E-state index is 11.8. The summed E-state index contributed by atoms with van der Waals surface area (Å²) in [6, 6.07) is 10.7. The monoisotopic (exact) mass is 446 g/mol. The molecule has 1 aromatic carbocycles. The minimum Gasteiger partial charge on any atom is -0.507 e. The number of hydrogen-bond donors (Lipinski definition) is 3. The van der Waals surface area contributed by atoms with Crippen LogP contribution in [-0.4, -0.2) is 42.5 Å². The molecular formula is C25H30N6O2. The fourth-order valence-electron chi connectivity index (χ4n) is 5.56. The minimum atomic E-state index is -0.342. The van der Waals surface area contributed by atoms with Gasteiger partial charge in [-0.25, -0.2) is 4.79 Å². The molecule has 2 atom stereocenters. The molecule has 2 saturated heterocycles. The molecule has 0 aliphatic carbocycles. The van der Waals surface area contributed by atoms with Crippen LogP contribution < -0.4 is 16.3 Å². The van der Waals surface area contributed by atoms with E-state index >= 15 is 0 Å². The van der Waals surface area contributed by atoms with Crippen molar-refractivity contribution in [1.29, 1.82) is 0 Å². The van der Waals surface area contributed by atoms with E-state index in [2.05, 4.69) is 39.7 Å². The molecule has 0 saturated carbocycles. The second kappa shape index (κ2) is 7.95. The normalized spacial score (nSPS) is 26.3. The van der Waals surface area contributed by atoms with Crippen LogP contribution in [0.3, 0.4) is 0 Å². The van der Waals surface area contributed by atoms with Crippen LogP contribution >= 0.6 is 0 Å². The number of aryl methyl sites for hydroxylation is 1. The van der Waals surface area contributed by atoms with Crippen molar-refractivity contribution in [2.75, 3.05) is 11.9 Å². The summed E-state index contributed by atoms with van der Waals surface area (Å²) in [7, 11) is 1.65. The standard InChI is InChI=1S/C25H30N6O2/c1-24-9-10-25(2,30-24)14-16(13-24)15-26-22-7-6-20(28-29-22)18-5-4-17(12-21(18)32)19-8-11-31(3)23(33)27-19/h4-8,11-12,16,30,32H,9-10,13-15H2,1-3H3,(H,26,29). The highest BCUT2D eigenvalue weighted by Gasteiger charge is 2.48. The molecule has 2 bridgehead atoms. The van der Waals surface area contributed by atoms with Gasteiger partial charge in [0.1, 0.15) is 11.6 Å². The summed E-state index contributed by atoms with van der Waals surface area (Å²) in [6.45, 7) is 5.55. The fraction of sp³-hybridized carbons (Fsp3) is 0.440. The first-order valence-corrected chi connectivity index (χ1v) is 11.5. The Kier molecular flexibility index (Phi) is 5.20. The van der Waals surface area contributed by atoms with Crippen molar-refractivity contribution in [1.82, 2.24) is 25.1 Å². The number of phenols is 1. The van der Waals surface area contributed by atoms with Crippen LogP contribution in [-0.2, 0) is 7.05 Å². The van der Waals surface area contributed by atoms with Gasteiger partial charge in [0.15, 0.2) is 0 Å². The number of nitrogens with zero attached hydrogens (tertiary/aromatic N) is 4. The van der Waals surface area contributed by atoms with Gasteiger partial charge in [-0.3, -0.25) is 0 Å². The average molecular weight is 447 g/mol. The van der Waals surface area contributed by atoms with Crippen LogP contribution in [0.4, 0.5) is 5.82 Å². The Hall–Kier alpha value is -3.26. The van der Waals surface area contributed by atoms with Gasteiger partial charge in [0.2, 0.25) is 0 Å². The van der Waals surface area contributed by atoms with Crippen molar-refractivity contribution < 1.29 is 5.11 Å². The van der Waals surface area contributed by atoms with Crippen LogP contribution in [0, 0.1) is 5.92 Å². The molecule has 33 heavy (non-hydrogen) atoms. The Labute approximate surface area is 193 Å². The first-order valence-electron chi connectivity index (χ1n) is 11.5. The van der Waals surface area contributed by atoms with E-state index in [-0.39, 0.29) is 22.5 Å². The van der Waals surface area contributed by atoms with Gasteiger partial charge in [0, 0.05) is 42.0 Å². The lowest BCUT2D eigenvalue weighted by atomic mass is 9.80. The third-order valence-corrected chi connectivity index (χ3v) is 7.09. The maximum Gasteiger partial charge on any atom is 0.347 e. The van der Waals surface area contributed by atoms with Crippen LogP contribution in [0.15, 0.2) is 47.4 Å². The number of nitrogens with one attached hydrogen (secondary N) is 2. The molecule has 0 radical (unpaired) electrons. The Balaban J connectivity index is 1.26. The lowest BCUT2D eigenvalue weighted by molar-refractivity contribution is 0.178. The Morgan fingerprint density at radius 2 is 1.85 bits per heavy atom. The molecule has 0 spiro atoms. The van der Waals surface area contributed by atoms with E-state index in [4.69, 9.17) is 0 Å². The Bertz CT molecular complexity index is 1220. The molecule has 2 fully saturated rings. The van der Waals surface area contributed by atoms with Crippen LogP contribution in [0.5, 0.6) is 5.75 Å². The predicted octanol–water partition coefficient (Wildman–Crippen LogP) is 3.33. The van der Waals surface area contributed by atoms with E-state index in [1.54, 1.807) is 31.4 Å². The first kappa shape index (κ1) is 21.6. The second-order valence-electron chi connectivity index (χ2n) is 10.1. The maximum atomic E-state index is 11.8. The van der Waals surface area contributed by atoms with Crippen molar-refractivity contribution in [2.45, 2.75) is 50.6 Å². The highest BCUT2D eigenvalue weighted by molar-refractivity contribution is 5.73. The molecule has 0 amide bonds. The quantitative estimate of drug-likeness (QED) is 0.552. The molecule has 2 aliphatic heterocycles. The molecule has 8 heteroatoms. The lowest BCUT2D eigenvalue weighted by Gasteiger charge is -2.42. The van der Waals surface area contributed by atoms with Crippen LogP contribution in [0.1, 0.15) is 39.5 Å². The van der Waals surface area contributed by atoms with Crippen molar-refractivity contribution in [3.8, 4) is 28.3 Å². The van der Waals surface area contributed by atoms with Gasteiger partial charge in [-0.1, -0.05) is 6.07 Å². The van der Waals surface area contributed by atoms with Gasteiger partial charge in [0.25, 0.3) is 0 Å². The third kappa shape index (κ3) is 4.35. The van der Waals surface area contributed by atoms with E-state index in [0.29, 0.717) is 28.4 Å². The average Bonchev–Trinajstić information content (AvgIpc) is 3.01. The van der Waals surface area contributed by atoms with E-state index in [0.717, 1.165) is 12.4 Å². The van der Waals surface area contributed by atoms with E-state index in [1.165, 1.54) is 30.3 Å². The molecule has 2 aromatic heterocycles. The summed E-state index contributed by atoms with van der Waals surface area (Å²) in [5, 5.41) is 26.5. The van der Waals surface area contributed by atoms with Crippen LogP contribution in [0.25, 0.3) is 22.5 Å². The number of hydrogen-bond acceptors (Lipinski definition) is 7. The second-order valence-corrected chi connectivity index (χ2v) is 10.1. The first-order chi connectivity index (χ1) is 15.7. The number of piperidine rings is 1. The number of anilines is 1. The third-order valence-electron chi connectivity index (χ3n) is 7.09. The van der Waals surface area contributed by atoms with Gasteiger partial charge < -0.3 is 20.3 Å². The molecule has 2 unspecified atom stereocenters. The largest absolute Gasteiger partial charge is 0.507 e. The molecule has 2 aliphatic rings. The number of phenolic OH excluding ortho intramolecular Hbond substituents is 1. The smallest absolute Gasteiger partial charge is 0.347 e. The van der Waals surface area contributed by atoms with Gasteiger partial charge in [0.05, 0.1) is 11.4 Å². The zero-order valence-electron chi connectivity index (χ0n) is 19.3. The lowest BCUT2D eigenvalue weighted by Crippen LogP contribution is -2.54. The summed E-state index contributed by atoms with van der Waals surface area (Å²) in [5.74, 6) is 1.40. The number of aromatic hydroxyl groups is 1. The summed E-state index contributed by atoms with van der Waals surface area (Å²) < 4.78 is 1.40. The van der Waals surface area contributed by atoms with E-state index in [9.17, 15) is 9.90 Å². The molecule has 5 rings (SSSR count). The summed E-state index contributed by atoms with van der Waals surface area (Å²) >= 11 is 0. The molecule has 3 aromatic rings. The van der Waals surface area contributed by atoms with Crippen molar-refractivity contribution in [3.05, 3.63) is 53.1 Å². The number of rotatable bonds is 5. The molecule has 3 N–H and O–H groups in total. The number of aromatic nitrogens is 4. The number of fused-ring (bicyclic) bond motifs is 2. The SMILES string of the molecule is Cn1ccc(-c2ccc(-c3ccc(NCC4CC5(C)CCC(C)(C4)N5)nn3)c(O)c2)nc1=O. The predicted molar refractivity (Wildman–Crippen MR) is 128 cm³/mol. The van der Waals surface area contributed by atoms with Gasteiger partial charge in [-0.15, -0.1) is 10.2 Å². The van der Waals surface area contributed by atoms with Gasteiger partial charge >= 0.3 is 5.69 Å². The highest BCUT2D eigenvalue weighted by atomic mass is 16.3. The Morgan fingerprint density at radius 3 is 2.48 bits per heavy atom. The van der Waals surface area contributed by atoms with Gasteiger partial charge in [-0.2, -0.15) is 4.98 Å². The summed E-state index contributed by atoms with van der Waals surface area (Å²) in [6.07, 6.45) is 6.48. The molecule has 172 valence electrons. The molecular weight excluding hydrogens is 416 g/mol. The summed E-state index contributed by atoms with van der Waals surface area (Å²) in [4.78, 5) is 15.8. The molecule has 4 heterocycles. The van der Waals surface area contributed by atoms with Crippen molar-refractivity contribution >= 4 is 5.82 Å².